The Hall–Kier alpha value is -2.73. The van der Waals surface area contributed by atoms with Crippen LogP contribution < -0.4 is 0 Å². The van der Waals surface area contributed by atoms with Crippen LogP contribution >= 0.6 is 11.6 Å². The molecule has 0 aliphatic carbocycles. The second kappa shape index (κ2) is 7.72. The fraction of sp³-hybridized carbons (Fsp3) is 0.286. The summed E-state index contributed by atoms with van der Waals surface area (Å²) < 4.78 is 15.3. The fourth-order valence-corrected chi connectivity index (χ4v) is 3.94. The molecule has 1 fully saturated rings. The molecule has 144 valence electrons. The highest BCUT2D eigenvalue weighted by atomic mass is 35.5. The molecule has 1 aliphatic rings. The number of nitrogens with zero attached hydrogens (tertiary/aromatic N) is 4. The van der Waals surface area contributed by atoms with Gasteiger partial charge < -0.3 is 4.90 Å². The fourth-order valence-electron chi connectivity index (χ4n) is 3.76. The minimum Gasteiger partial charge on any atom is -0.330 e. The first-order valence-corrected chi connectivity index (χ1v) is 9.62. The van der Waals surface area contributed by atoms with Gasteiger partial charge in [-0.3, -0.25) is 14.5 Å². The first kappa shape index (κ1) is 18.6. The van der Waals surface area contributed by atoms with Crippen molar-refractivity contribution in [3.05, 3.63) is 71.0 Å². The maximum atomic E-state index is 13.5. The number of aromatic nitrogens is 3. The molecule has 1 amide bonds. The number of halogens is 2. The van der Waals surface area contributed by atoms with Crippen molar-refractivity contribution < 1.29 is 9.18 Å². The third-order valence-corrected chi connectivity index (χ3v) is 5.38. The summed E-state index contributed by atoms with van der Waals surface area (Å²) in [4.78, 5) is 19.1. The van der Waals surface area contributed by atoms with Crippen LogP contribution in [0.1, 0.15) is 41.4 Å². The monoisotopic (exact) mass is 398 g/mol. The summed E-state index contributed by atoms with van der Waals surface area (Å²) in [6.45, 7) is 0.630. The number of hydrogen-bond acceptors (Lipinski definition) is 3. The van der Waals surface area contributed by atoms with Gasteiger partial charge in [-0.15, -0.1) is 0 Å². The number of carbonyl (C=O) groups is 1. The minimum atomic E-state index is -0.530. The second-order valence-corrected chi connectivity index (χ2v) is 7.38. The number of aryl methyl sites for hydroxylation is 1. The molecule has 1 saturated heterocycles. The predicted octanol–water partition coefficient (Wildman–Crippen LogP) is 4.64. The van der Waals surface area contributed by atoms with E-state index in [0.717, 1.165) is 36.1 Å². The molecule has 3 aromatic rings. The van der Waals surface area contributed by atoms with Crippen molar-refractivity contribution in [3.8, 4) is 11.1 Å². The highest BCUT2D eigenvalue weighted by Crippen LogP contribution is 2.37. The minimum absolute atomic E-state index is 0.0466. The SMILES string of the molecule is Cn1cc(-c2ccncc2)c(C2CCCCN2C(=O)c2ccc(F)c(Cl)c2)n1. The number of amides is 1. The van der Waals surface area contributed by atoms with Crippen molar-refractivity contribution >= 4 is 17.5 Å². The molecule has 0 bridgehead atoms. The van der Waals surface area contributed by atoms with Gasteiger partial charge in [-0.2, -0.15) is 5.10 Å². The normalized spacial score (nSPS) is 17.0. The second-order valence-electron chi connectivity index (χ2n) is 6.98. The highest BCUT2D eigenvalue weighted by Gasteiger charge is 2.32. The zero-order valence-corrected chi connectivity index (χ0v) is 16.2. The van der Waals surface area contributed by atoms with E-state index in [4.69, 9.17) is 11.6 Å². The van der Waals surface area contributed by atoms with Crippen LogP contribution in [0.3, 0.4) is 0 Å². The third kappa shape index (κ3) is 3.52. The van der Waals surface area contributed by atoms with Gasteiger partial charge in [0, 0.05) is 43.3 Å². The van der Waals surface area contributed by atoms with Crippen LogP contribution in [0.4, 0.5) is 4.39 Å². The van der Waals surface area contributed by atoms with E-state index >= 15 is 0 Å². The number of benzene rings is 1. The molecule has 28 heavy (non-hydrogen) atoms. The first-order valence-electron chi connectivity index (χ1n) is 9.24. The Morgan fingerprint density at radius 3 is 2.75 bits per heavy atom. The van der Waals surface area contributed by atoms with Crippen molar-refractivity contribution in [1.82, 2.24) is 19.7 Å². The molecule has 0 radical (unpaired) electrons. The van der Waals surface area contributed by atoms with Gasteiger partial charge in [0.25, 0.3) is 5.91 Å². The van der Waals surface area contributed by atoms with Gasteiger partial charge in [-0.05, 0) is 55.2 Å². The van der Waals surface area contributed by atoms with E-state index in [-0.39, 0.29) is 17.0 Å². The number of likely N-dealkylation sites (tertiary alicyclic amines) is 1. The van der Waals surface area contributed by atoms with E-state index in [0.29, 0.717) is 12.1 Å². The van der Waals surface area contributed by atoms with Crippen LogP contribution in [-0.2, 0) is 7.05 Å². The molecule has 5 nitrogen and oxygen atoms in total. The lowest BCUT2D eigenvalue weighted by atomic mass is 9.94. The Morgan fingerprint density at radius 1 is 1.21 bits per heavy atom. The van der Waals surface area contributed by atoms with E-state index in [1.54, 1.807) is 17.1 Å². The van der Waals surface area contributed by atoms with E-state index in [1.165, 1.54) is 18.2 Å². The number of carbonyl (C=O) groups excluding carboxylic acids is 1. The van der Waals surface area contributed by atoms with Crippen LogP contribution in [0.2, 0.25) is 5.02 Å². The summed E-state index contributed by atoms with van der Waals surface area (Å²) >= 11 is 5.89. The van der Waals surface area contributed by atoms with E-state index in [1.807, 2.05) is 30.3 Å². The Kier molecular flexibility index (Phi) is 5.13. The molecule has 1 aromatic carbocycles. The lowest BCUT2D eigenvalue weighted by molar-refractivity contribution is 0.0606. The molecular weight excluding hydrogens is 379 g/mol. The molecular formula is C21H20ClFN4O. The maximum Gasteiger partial charge on any atom is 0.254 e. The summed E-state index contributed by atoms with van der Waals surface area (Å²) in [6, 6.07) is 7.85. The van der Waals surface area contributed by atoms with Gasteiger partial charge in [-0.25, -0.2) is 4.39 Å². The van der Waals surface area contributed by atoms with Gasteiger partial charge in [0.2, 0.25) is 0 Å². The van der Waals surface area contributed by atoms with E-state index in [2.05, 4.69) is 10.1 Å². The number of pyridine rings is 1. The molecule has 4 rings (SSSR count). The summed E-state index contributed by atoms with van der Waals surface area (Å²) in [6.07, 6.45) is 8.23. The van der Waals surface area contributed by atoms with E-state index < -0.39 is 5.82 Å². The van der Waals surface area contributed by atoms with Crippen LogP contribution in [-0.4, -0.2) is 32.1 Å². The largest absolute Gasteiger partial charge is 0.330 e. The van der Waals surface area contributed by atoms with Crippen molar-refractivity contribution in [1.29, 1.82) is 0 Å². The maximum absolute atomic E-state index is 13.5. The molecule has 1 unspecified atom stereocenters. The Bertz CT molecular complexity index is 1000. The highest BCUT2D eigenvalue weighted by molar-refractivity contribution is 6.31. The van der Waals surface area contributed by atoms with E-state index in [9.17, 15) is 9.18 Å². The summed E-state index contributed by atoms with van der Waals surface area (Å²) in [5.41, 5.74) is 3.27. The standard InChI is InChI=1S/C21H20ClFN4O/c1-26-13-16(14-7-9-24-10-8-14)20(25-26)19-4-2-3-11-27(19)21(28)15-5-6-18(23)17(22)12-15/h5-10,12-13,19H,2-4,11H2,1H3. The van der Waals surface area contributed by atoms with Gasteiger partial charge >= 0.3 is 0 Å². The predicted molar refractivity (Wildman–Crippen MR) is 105 cm³/mol. The number of hydrogen-bond donors (Lipinski definition) is 0. The Morgan fingerprint density at radius 2 is 2.00 bits per heavy atom. The zero-order chi connectivity index (χ0) is 19.7. The lowest BCUT2D eigenvalue weighted by Gasteiger charge is -2.35. The van der Waals surface area contributed by atoms with Crippen LogP contribution in [0, 0.1) is 5.82 Å². The molecule has 0 N–H and O–H groups in total. The van der Waals surface area contributed by atoms with Crippen molar-refractivity contribution in [2.24, 2.45) is 7.05 Å². The molecule has 1 aliphatic heterocycles. The Labute approximate surface area is 167 Å². The summed E-state index contributed by atoms with van der Waals surface area (Å²) in [5, 5.41) is 4.64. The number of piperidine rings is 1. The molecule has 0 saturated carbocycles. The van der Waals surface area contributed by atoms with Crippen molar-refractivity contribution in [2.45, 2.75) is 25.3 Å². The van der Waals surface area contributed by atoms with Crippen molar-refractivity contribution in [2.75, 3.05) is 6.54 Å². The zero-order valence-electron chi connectivity index (χ0n) is 15.5. The quantitative estimate of drug-likeness (QED) is 0.645. The van der Waals surface area contributed by atoms with Gasteiger partial charge in [0.05, 0.1) is 16.8 Å². The lowest BCUT2D eigenvalue weighted by Crippen LogP contribution is -2.39. The van der Waals surface area contributed by atoms with Gasteiger partial charge in [0.15, 0.2) is 0 Å². The third-order valence-electron chi connectivity index (χ3n) is 5.09. The first-order chi connectivity index (χ1) is 13.5. The molecule has 2 aromatic heterocycles. The topological polar surface area (TPSA) is 51.0 Å². The average Bonchev–Trinajstić information content (AvgIpc) is 3.12. The van der Waals surface area contributed by atoms with Crippen LogP contribution in [0.25, 0.3) is 11.1 Å². The smallest absolute Gasteiger partial charge is 0.254 e. The molecule has 1 atom stereocenters. The summed E-state index contributed by atoms with van der Waals surface area (Å²) in [7, 11) is 1.88. The molecule has 0 spiro atoms. The summed E-state index contributed by atoms with van der Waals surface area (Å²) in [5.74, 6) is -0.684. The van der Waals surface area contributed by atoms with Crippen LogP contribution in [0.5, 0.6) is 0 Å². The number of rotatable bonds is 3. The van der Waals surface area contributed by atoms with Gasteiger partial charge in [-0.1, -0.05) is 11.6 Å². The average molecular weight is 399 g/mol. The Balaban J connectivity index is 1.72. The van der Waals surface area contributed by atoms with Gasteiger partial charge in [0.1, 0.15) is 5.82 Å². The molecule has 3 heterocycles. The molecule has 7 heteroatoms. The van der Waals surface area contributed by atoms with Crippen LogP contribution in [0.15, 0.2) is 48.9 Å². The van der Waals surface area contributed by atoms with Crippen molar-refractivity contribution in [3.63, 3.8) is 0 Å².